The monoisotopic (exact) mass is 373 g/mol. The molecule has 0 saturated heterocycles. The standard InChI is InChI=1S/C14H14BrCl2N3/c1-20-13-4-2-3-12(9(13)7-18-20)19-14-10(16)5-8(15)6-11(14)17/h5-7,12,19H,2-4H2,1H3. The van der Waals surface area contributed by atoms with Crippen molar-refractivity contribution in [3.63, 3.8) is 0 Å². The number of halogens is 3. The fourth-order valence-corrected chi connectivity index (χ4v) is 4.03. The van der Waals surface area contributed by atoms with Gasteiger partial charge in [-0.05, 0) is 31.4 Å². The molecule has 2 aromatic rings. The molecule has 0 fully saturated rings. The fourth-order valence-electron chi connectivity index (χ4n) is 2.71. The van der Waals surface area contributed by atoms with Crippen molar-refractivity contribution in [2.75, 3.05) is 5.32 Å². The molecule has 0 aliphatic heterocycles. The summed E-state index contributed by atoms with van der Waals surface area (Å²) in [5.74, 6) is 0. The number of nitrogens with zero attached hydrogens (tertiary/aromatic N) is 2. The highest BCUT2D eigenvalue weighted by molar-refractivity contribution is 9.10. The number of anilines is 1. The lowest BCUT2D eigenvalue weighted by molar-refractivity contribution is 0.571. The van der Waals surface area contributed by atoms with Crippen molar-refractivity contribution in [2.24, 2.45) is 7.05 Å². The molecule has 1 aliphatic carbocycles. The van der Waals surface area contributed by atoms with Gasteiger partial charge in [0.2, 0.25) is 0 Å². The van der Waals surface area contributed by atoms with Gasteiger partial charge in [-0.1, -0.05) is 39.1 Å². The number of aromatic nitrogens is 2. The first kappa shape index (κ1) is 14.2. The third-order valence-corrected chi connectivity index (χ3v) is 4.76. The molecule has 1 atom stereocenters. The summed E-state index contributed by atoms with van der Waals surface area (Å²) in [7, 11) is 1.99. The molecule has 1 N–H and O–H groups in total. The third kappa shape index (κ3) is 2.57. The molecule has 0 bridgehead atoms. The predicted octanol–water partition coefficient (Wildman–Crippen LogP) is 4.98. The molecule has 1 unspecified atom stereocenters. The van der Waals surface area contributed by atoms with E-state index >= 15 is 0 Å². The smallest absolute Gasteiger partial charge is 0.0724 e. The lowest BCUT2D eigenvalue weighted by Gasteiger charge is -2.25. The van der Waals surface area contributed by atoms with Crippen LogP contribution >= 0.6 is 39.1 Å². The minimum absolute atomic E-state index is 0.212. The zero-order valence-electron chi connectivity index (χ0n) is 11.0. The van der Waals surface area contributed by atoms with Crippen LogP contribution in [0, 0.1) is 0 Å². The Kier molecular flexibility index (Phi) is 3.98. The Hall–Kier alpha value is -0.710. The number of fused-ring (bicyclic) bond motifs is 1. The highest BCUT2D eigenvalue weighted by Gasteiger charge is 2.24. The van der Waals surface area contributed by atoms with Gasteiger partial charge >= 0.3 is 0 Å². The molecule has 106 valence electrons. The van der Waals surface area contributed by atoms with Crippen molar-refractivity contribution in [1.82, 2.24) is 9.78 Å². The minimum atomic E-state index is 0.212. The van der Waals surface area contributed by atoms with Crippen LogP contribution in [-0.2, 0) is 13.5 Å². The van der Waals surface area contributed by atoms with Crippen LogP contribution in [0.5, 0.6) is 0 Å². The molecular formula is C14H14BrCl2N3. The number of hydrogen-bond donors (Lipinski definition) is 1. The van der Waals surface area contributed by atoms with Crippen molar-refractivity contribution in [3.8, 4) is 0 Å². The van der Waals surface area contributed by atoms with Crippen molar-refractivity contribution in [3.05, 3.63) is 44.1 Å². The van der Waals surface area contributed by atoms with Gasteiger partial charge in [0.1, 0.15) is 0 Å². The van der Waals surface area contributed by atoms with Gasteiger partial charge in [-0.25, -0.2) is 0 Å². The Morgan fingerprint density at radius 1 is 1.35 bits per heavy atom. The lowest BCUT2D eigenvalue weighted by Crippen LogP contribution is -2.18. The third-order valence-electron chi connectivity index (χ3n) is 3.70. The maximum absolute atomic E-state index is 6.29. The SMILES string of the molecule is Cn1ncc2c1CCCC2Nc1c(Cl)cc(Br)cc1Cl. The summed E-state index contributed by atoms with van der Waals surface area (Å²) in [6, 6.07) is 3.91. The van der Waals surface area contributed by atoms with E-state index in [1.807, 2.05) is 30.1 Å². The second-order valence-electron chi connectivity index (χ2n) is 5.00. The molecule has 0 saturated carbocycles. The molecule has 1 heterocycles. The van der Waals surface area contributed by atoms with Crippen molar-refractivity contribution >= 4 is 44.8 Å². The summed E-state index contributed by atoms with van der Waals surface area (Å²) in [6.07, 6.45) is 5.20. The number of nitrogens with one attached hydrogen (secondary N) is 1. The van der Waals surface area contributed by atoms with E-state index in [-0.39, 0.29) is 6.04 Å². The second kappa shape index (κ2) is 5.58. The Morgan fingerprint density at radius 2 is 2.05 bits per heavy atom. The number of hydrogen-bond acceptors (Lipinski definition) is 2. The van der Waals surface area contributed by atoms with Crippen LogP contribution in [0.3, 0.4) is 0 Å². The van der Waals surface area contributed by atoms with Crippen LogP contribution in [0.2, 0.25) is 10.0 Å². The fraction of sp³-hybridized carbons (Fsp3) is 0.357. The highest BCUT2D eigenvalue weighted by atomic mass is 79.9. The normalized spacial score (nSPS) is 17.9. The molecule has 1 aromatic heterocycles. The highest BCUT2D eigenvalue weighted by Crippen LogP contribution is 2.39. The number of aryl methyl sites for hydroxylation is 1. The van der Waals surface area contributed by atoms with Crippen LogP contribution in [-0.4, -0.2) is 9.78 Å². The molecule has 0 amide bonds. The van der Waals surface area contributed by atoms with Gasteiger partial charge in [0.05, 0.1) is 28.0 Å². The van der Waals surface area contributed by atoms with Crippen LogP contribution in [0.25, 0.3) is 0 Å². The van der Waals surface area contributed by atoms with Crippen molar-refractivity contribution < 1.29 is 0 Å². The van der Waals surface area contributed by atoms with E-state index in [9.17, 15) is 0 Å². The van der Waals surface area contributed by atoms with Gasteiger partial charge in [0.25, 0.3) is 0 Å². The Labute approximate surface area is 136 Å². The first-order valence-corrected chi connectivity index (χ1v) is 8.03. The summed E-state index contributed by atoms with van der Waals surface area (Å²) < 4.78 is 2.83. The van der Waals surface area contributed by atoms with Gasteiger partial charge in [0, 0.05) is 22.8 Å². The van der Waals surface area contributed by atoms with E-state index in [1.165, 1.54) is 11.3 Å². The van der Waals surface area contributed by atoms with E-state index in [0.717, 1.165) is 29.4 Å². The minimum Gasteiger partial charge on any atom is -0.376 e. The largest absolute Gasteiger partial charge is 0.376 e. The molecule has 0 radical (unpaired) electrons. The van der Waals surface area contributed by atoms with Gasteiger partial charge in [0.15, 0.2) is 0 Å². The molecule has 3 rings (SSSR count). The quantitative estimate of drug-likeness (QED) is 0.803. The van der Waals surface area contributed by atoms with Gasteiger partial charge in [-0.2, -0.15) is 5.10 Å². The van der Waals surface area contributed by atoms with Crippen molar-refractivity contribution in [1.29, 1.82) is 0 Å². The molecule has 1 aromatic carbocycles. The maximum Gasteiger partial charge on any atom is 0.0724 e. The summed E-state index contributed by atoms with van der Waals surface area (Å²) in [6.45, 7) is 0. The molecule has 20 heavy (non-hydrogen) atoms. The topological polar surface area (TPSA) is 29.9 Å². The zero-order valence-corrected chi connectivity index (χ0v) is 14.1. The van der Waals surface area contributed by atoms with Crippen molar-refractivity contribution in [2.45, 2.75) is 25.3 Å². The first-order chi connectivity index (χ1) is 9.56. The zero-order chi connectivity index (χ0) is 14.3. The van der Waals surface area contributed by atoms with E-state index in [0.29, 0.717) is 10.0 Å². The van der Waals surface area contributed by atoms with Crippen LogP contribution < -0.4 is 5.32 Å². The van der Waals surface area contributed by atoms with Gasteiger partial charge in [-0.15, -0.1) is 0 Å². The average molecular weight is 375 g/mol. The molecular weight excluding hydrogens is 361 g/mol. The van der Waals surface area contributed by atoms with Crippen LogP contribution in [0.4, 0.5) is 5.69 Å². The lowest BCUT2D eigenvalue weighted by atomic mass is 9.93. The van der Waals surface area contributed by atoms with E-state index in [4.69, 9.17) is 23.2 Å². The van der Waals surface area contributed by atoms with E-state index in [2.05, 4.69) is 26.3 Å². The Morgan fingerprint density at radius 3 is 2.75 bits per heavy atom. The summed E-state index contributed by atoms with van der Waals surface area (Å²) in [5.41, 5.74) is 3.32. The van der Waals surface area contributed by atoms with Crippen LogP contribution in [0.15, 0.2) is 22.8 Å². The molecule has 6 heteroatoms. The van der Waals surface area contributed by atoms with E-state index in [1.54, 1.807) is 0 Å². The first-order valence-electron chi connectivity index (χ1n) is 6.48. The summed E-state index contributed by atoms with van der Waals surface area (Å²) in [4.78, 5) is 0. The van der Waals surface area contributed by atoms with Crippen LogP contribution in [0.1, 0.15) is 30.1 Å². The summed E-state index contributed by atoms with van der Waals surface area (Å²) >= 11 is 16.0. The summed E-state index contributed by atoms with van der Waals surface area (Å²) in [5, 5.41) is 9.08. The molecule has 3 nitrogen and oxygen atoms in total. The number of rotatable bonds is 2. The number of benzene rings is 1. The second-order valence-corrected chi connectivity index (χ2v) is 6.73. The van der Waals surface area contributed by atoms with E-state index < -0.39 is 0 Å². The van der Waals surface area contributed by atoms with Gasteiger partial charge in [-0.3, -0.25) is 4.68 Å². The predicted molar refractivity (Wildman–Crippen MR) is 86.7 cm³/mol. The average Bonchev–Trinajstić information content (AvgIpc) is 2.77. The Bertz CT molecular complexity index is 631. The molecule has 0 spiro atoms. The Balaban J connectivity index is 1.93. The molecule has 1 aliphatic rings. The van der Waals surface area contributed by atoms with Gasteiger partial charge < -0.3 is 5.32 Å². The maximum atomic E-state index is 6.29.